The summed E-state index contributed by atoms with van der Waals surface area (Å²) in [6.45, 7) is 9.83. The summed E-state index contributed by atoms with van der Waals surface area (Å²) in [7, 11) is 0. The summed E-state index contributed by atoms with van der Waals surface area (Å²) in [4.78, 5) is 48.8. The van der Waals surface area contributed by atoms with E-state index in [9.17, 15) is 14.4 Å². The van der Waals surface area contributed by atoms with Crippen molar-refractivity contribution in [3.8, 4) is 0 Å². The second kappa shape index (κ2) is 8.64. The largest absolute Gasteiger partial charge is 0.368 e. The van der Waals surface area contributed by atoms with Gasteiger partial charge in [0.05, 0.1) is 16.9 Å². The van der Waals surface area contributed by atoms with Gasteiger partial charge >= 0.3 is 5.69 Å². The Morgan fingerprint density at radius 2 is 1.97 bits per heavy atom. The van der Waals surface area contributed by atoms with E-state index < -0.39 is 0 Å². The predicted octanol–water partition coefficient (Wildman–Crippen LogP) is 1.76. The van der Waals surface area contributed by atoms with Crippen LogP contribution in [0, 0.1) is 6.92 Å². The van der Waals surface area contributed by atoms with E-state index in [-0.39, 0.29) is 17.2 Å². The number of anilines is 2. The van der Waals surface area contributed by atoms with Gasteiger partial charge in [-0.25, -0.2) is 9.78 Å². The van der Waals surface area contributed by atoms with Crippen molar-refractivity contribution in [2.24, 2.45) is 0 Å². The van der Waals surface area contributed by atoms with E-state index in [1.807, 2.05) is 25.1 Å². The van der Waals surface area contributed by atoms with Crippen LogP contribution >= 0.6 is 11.3 Å². The van der Waals surface area contributed by atoms with E-state index >= 15 is 0 Å². The lowest BCUT2D eigenvalue weighted by atomic mass is 10.2. The van der Waals surface area contributed by atoms with Gasteiger partial charge in [0.1, 0.15) is 10.5 Å². The molecule has 0 atom stereocenters. The normalized spacial score (nSPS) is 14.9. The number of aromatic nitrogens is 3. The third-order valence-corrected chi connectivity index (χ3v) is 6.59. The molecule has 0 spiro atoms. The number of fused-ring (bicyclic) bond motifs is 1. The Kier molecular flexibility index (Phi) is 5.92. The van der Waals surface area contributed by atoms with Crippen molar-refractivity contribution in [1.82, 2.24) is 19.4 Å². The lowest BCUT2D eigenvalue weighted by Gasteiger charge is -2.36. The monoisotopic (exact) mass is 442 g/mol. The Bertz CT molecular complexity index is 1240. The van der Waals surface area contributed by atoms with Crippen LogP contribution in [0.25, 0.3) is 10.2 Å². The zero-order valence-corrected chi connectivity index (χ0v) is 18.7. The van der Waals surface area contributed by atoms with Gasteiger partial charge in [-0.15, -0.1) is 11.3 Å². The van der Waals surface area contributed by atoms with Gasteiger partial charge in [-0.2, -0.15) is 0 Å². The predicted molar refractivity (Wildman–Crippen MR) is 123 cm³/mol. The molecule has 1 saturated heterocycles. The first-order chi connectivity index (χ1) is 14.9. The Hall–Kier alpha value is -2.98. The van der Waals surface area contributed by atoms with Gasteiger partial charge in [-0.1, -0.05) is 0 Å². The molecular weight excluding hydrogens is 416 g/mol. The van der Waals surface area contributed by atoms with Gasteiger partial charge < -0.3 is 15.2 Å². The molecule has 1 aliphatic heterocycles. The van der Waals surface area contributed by atoms with Gasteiger partial charge in [-0.3, -0.25) is 19.1 Å². The number of amides is 1. The number of carbonyl (C=O) groups is 1. The number of nitrogens with zero attached hydrogens (tertiary/aromatic N) is 4. The molecule has 0 radical (unpaired) electrons. The van der Waals surface area contributed by atoms with Crippen LogP contribution in [-0.4, -0.2) is 51.5 Å². The average molecular weight is 443 g/mol. The molecule has 9 nitrogen and oxygen atoms in total. The van der Waals surface area contributed by atoms with E-state index in [1.165, 1.54) is 22.8 Å². The van der Waals surface area contributed by atoms with Gasteiger partial charge in [0.25, 0.3) is 5.56 Å². The first-order valence-corrected chi connectivity index (χ1v) is 11.2. The fourth-order valence-electron chi connectivity index (χ4n) is 3.96. The van der Waals surface area contributed by atoms with E-state index in [4.69, 9.17) is 0 Å². The molecule has 10 heteroatoms. The molecule has 31 heavy (non-hydrogen) atoms. The van der Waals surface area contributed by atoms with Crippen LogP contribution in [0.3, 0.4) is 0 Å². The molecule has 1 fully saturated rings. The lowest BCUT2D eigenvalue weighted by molar-refractivity contribution is -0.114. The van der Waals surface area contributed by atoms with Gasteiger partial charge in [0.2, 0.25) is 5.91 Å². The zero-order chi connectivity index (χ0) is 22.1. The lowest BCUT2D eigenvalue weighted by Crippen LogP contribution is -2.46. The molecular formula is C21H26N6O3S. The summed E-state index contributed by atoms with van der Waals surface area (Å²) < 4.78 is 1.84. The van der Waals surface area contributed by atoms with Crippen LogP contribution in [0.2, 0.25) is 0 Å². The smallest absolute Gasteiger partial charge is 0.328 e. The first-order valence-electron chi connectivity index (χ1n) is 10.3. The number of rotatable bonds is 5. The summed E-state index contributed by atoms with van der Waals surface area (Å²) in [6, 6.07) is 5.76. The maximum atomic E-state index is 12.5. The minimum Gasteiger partial charge on any atom is -0.368 e. The van der Waals surface area contributed by atoms with Crippen LogP contribution in [0.4, 0.5) is 11.5 Å². The Morgan fingerprint density at radius 3 is 2.61 bits per heavy atom. The summed E-state index contributed by atoms with van der Waals surface area (Å²) in [5.74, 6) is 0.435. The molecule has 2 N–H and O–H groups in total. The molecule has 4 heterocycles. The zero-order valence-electron chi connectivity index (χ0n) is 17.9. The number of nitrogens with one attached hydrogen (secondary N) is 2. The second-order valence-electron chi connectivity index (χ2n) is 7.68. The third kappa shape index (κ3) is 4.40. The number of piperazine rings is 1. The van der Waals surface area contributed by atoms with Gasteiger partial charge in [0, 0.05) is 51.1 Å². The minimum atomic E-state index is -0.355. The van der Waals surface area contributed by atoms with Crippen LogP contribution < -0.4 is 21.5 Å². The molecule has 1 aliphatic rings. The summed E-state index contributed by atoms with van der Waals surface area (Å²) >= 11 is 1.46. The fourth-order valence-corrected chi connectivity index (χ4v) is 5.07. The van der Waals surface area contributed by atoms with Crippen LogP contribution in [0.1, 0.15) is 24.4 Å². The fraction of sp³-hybridized carbons (Fsp3) is 0.429. The maximum absolute atomic E-state index is 12.5. The van der Waals surface area contributed by atoms with Crippen molar-refractivity contribution in [2.45, 2.75) is 33.9 Å². The SMILES string of the molecule is CCn1c(=O)[nH]c2cc(CN3CCN(c4ccc(NC(C)=O)nc4C)CC3)sc2c1=O. The number of carbonyl (C=O) groups excluding carboxylic acids is 1. The molecule has 0 aromatic carbocycles. The second-order valence-corrected chi connectivity index (χ2v) is 8.82. The molecule has 164 valence electrons. The molecule has 0 unspecified atom stereocenters. The molecule has 0 aliphatic carbocycles. The highest BCUT2D eigenvalue weighted by atomic mass is 32.1. The topological polar surface area (TPSA) is 103 Å². The highest BCUT2D eigenvalue weighted by Gasteiger charge is 2.20. The van der Waals surface area contributed by atoms with Gasteiger partial charge in [-0.05, 0) is 32.0 Å². The van der Waals surface area contributed by atoms with Crippen molar-refractivity contribution < 1.29 is 4.79 Å². The number of hydrogen-bond donors (Lipinski definition) is 2. The van der Waals surface area contributed by atoms with Crippen LogP contribution in [-0.2, 0) is 17.9 Å². The van der Waals surface area contributed by atoms with E-state index in [1.54, 1.807) is 6.92 Å². The maximum Gasteiger partial charge on any atom is 0.328 e. The Morgan fingerprint density at radius 1 is 1.23 bits per heavy atom. The number of hydrogen-bond acceptors (Lipinski definition) is 7. The number of aryl methyl sites for hydroxylation is 1. The molecule has 1 amide bonds. The molecule has 0 saturated carbocycles. The summed E-state index contributed by atoms with van der Waals surface area (Å²) in [6.07, 6.45) is 0. The van der Waals surface area contributed by atoms with Crippen molar-refractivity contribution >= 4 is 39.0 Å². The highest BCUT2D eigenvalue weighted by molar-refractivity contribution is 7.18. The molecule has 4 rings (SSSR count). The summed E-state index contributed by atoms with van der Waals surface area (Å²) in [5.41, 5.74) is 2.02. The molecule has 3 aromatic rings. The highest BCUT2D eigenvalue weighted by Crippen LogP contribution is 2.25. The molecule has 3 aromatic heterocycles. The molecule has 0 bridgehead atoms. The Labute approximate surface area is 183 Å². The van der Waals surface area contributed by atoms with Crippen LogP contribution in [0.5, 0.6) is 0 Å². The average Bonchev–Trinajstić information content (AvgIpc) is 3.11. The van der Waals surface area contributed by atoms with E-state index in [2.05, 4.69) is 25.1 Å². The number of thiophene rings is 1. The minimum absolute atomic E-state index is 0.132. The standard InChI is InChI=1S/C21H26N6O3S/c1-4-27-20(29)19-16(24-21(27)30)11-15(31-19)12-25-7-9-26(10-8-25)17-5-6-18(22-13(17)2)23-14(3)28/h5-6,11H,4,7-10,12H2,1-3H3,(H,24,30)(H,22,23,28). The van der Waals surface area contributed by atoms with Crippen molar-refractivity contribution in [3.05, 3.63) is 49.6 Å². The van der Waals surface area contributed by atoms with Crippen molar-refractivity contribution in [3.63, 3.8) is 0 Å². The third-order valence-electron chi connectivity index (χ3n) is 5.48. The van der Waals surface area contributed by atoms with Crippen LogP contribution in [0.15, 0.2) is 27.8 Å². The quantitative estimate of drug-likeness (QED) is 0.624. The van der Waals surface area contributed by atoms with E-state index in [0.717, 1.165) is 49.0 Å². The summed E-state index contributed by atoms with van der Waals surface area (Å²) in [5, 5.41) is 2.71. The van der Waals surface area contributed by atoms with Crippen molar-refractivity contribution in [2.75, 3.05) is 36.4 Å². The Balaban J connectivity index is 1.43. The van der Waals surface area contributed by atoms with Crippen molar-refractivity contribution in [1.29, 1.82) is 0 Å². The van der Waals surface area contributed by atoms with E-state index in [0.29, 0.717) is 22.6 Å². The number of pyridine rings is 1. The number of H-pyrrole nitrogens is 1. The van der Waals surface area contributed by atoms with Gasteiger partial charge in [0.15, 0.2) is 0 Å². The number of aromatic amines is 1. The first kappa shape index (κ1) is 21.3.